The van der Waals surface area contributed by atoms with Crippen LogP contribution < -0.4 is 15.4 Å². The minimum absolute atomic E-state index is 0. The second-order valence-electron chi connectivity index (χ2n) is 7.12. The fraction of sp³-hybridized carbons (Fsp3) is 0.524. The smallest absolute Gasteiger partial charge is 0.191 e. The molecule has 0 spiro atoms. The zero-order valence-electron chi connectivity index (χ0n) is 18.0. The minimum atomic E-state index is 0. The summed E-state index contributed by atoms with van der Waals surface area (Å²) >= 11 is 0. The quantitative estimate of drug-likeness (QED) is 0.348. The maximum Gasteiger partial charge on any atom is 0.191 e. The first-order chi connectivity index (χ1) is 12.9. The fourth-order valence-corrected chi connectivity index (χ4v) is 3.33. The number of hydrogen-bond donors (Lipinski definition) is 2. The molecule has 0 radical (unpaired) electrons. The van der Waals surface area contributed by atoms with E-state index in [0.717, 1.165) is 30.4 Å². The van der Waals surface area contributed by atoms with E-state index in [4.69, 9.17) is 4.74 Å². The first-order valence-electron chi connectivity index (χ1n) is 9.46. The molecular weight excluding hydrogens is 465 g/mol. The third-order valence-corrected chi connectivity index (χ3v) is 5.02. The van der Waals surface area contributed by atoms with Gasteiger partial charge in [-0.15, -0.1) is 24.0 Å². The van der Waals surface area contributed by atoms with Crippen molar-refractivity contribution in [3.8, 4) is 5.75 Å². The summed E-state index contributed by atoms with van der Waals surface area (Å²) in [5.41, 5.74) is 4.80. The van der Waals surface area contributed by atoms with Crippen molar-refractivity contribution in [2.24, 2.45) is 12.0 Å². The van der Waals surface area contributed by atoms with Crippen LogP contribution in [0.3, 0.4) is 0 Å². The molecule has 1 heterocycles. The van der Waals surface area contributed by atoms with E-state index in [1.807, 2.05) is 29.9 Å². The summed E-state index contributed by atoms with van der Waals surface area (Å²) < 4.78 is 7.42. The molecule has 2 rings (SSSR count). The van der Waals surface area contributed by atoms with Crippen LogP contribution in [0, 0.1) is 13.8 Å². The average Bonchev–Trinajstić information content (AvgIpc) is 2.90. The van der Waals surface area contributed by atoms with E-state index in [1.54, 1.807) is 14.2 Å². The largest absolute Gasteiger partial charge is 0.496 e. The lowest BCUT2D eigenvalue weighted by Crippen LogP contribution is -2.44. The third kappa shape index (κ3) is 6.12. The van der Waals surface area contributed by atoms with Gasteiger partial charge in [0.05, 0.1) is 12.8 Å². The lowest BCUT2D eigenvalue weighted by atomic mass is 10.00. The maximum absolute atomic E-state index is 5.47. The van der Waals surface area contributed by atoms with Gasteiger partial charge in [-0.3, -0.25) is 9.67 Å². The Morgan fingerprint density at radius 1 is 1.25 bits per heavy atom. The predicted octanol–water partition coefficient (Wildman–Crippen LogP) is 3.56. The SMILES string of the molecule is CN=C(NCC(C)c1ccccc1OC)NC(C)Cc1c(C)nn(C)c1C.I. The molecule has 7 heteroatoms. The summed E-state index contributed by atoms with van der Waals surface area (Å²) in [7, 11) is 5.50. The van der Waals surface area contributed by atoms with Gasteiger partial charge in [-0.25, -0.2) is 0 Å². The Morgan fingerprint density at radius 2 is 1.93 bits per heavy atom. The summed E-state index contributed by atoms with van der Waals surface area (Å²) in [6.45, 7) is 9.31. The molecule has 0 fully saturated rings. The normalized spacial score (nSPS) is 13.5. The van der Waals surface area contributed by atoms with Crippen molar-refractivity contribution >= 4 is 29.9 Å². The molecule has 2 atom stereocenters. The number of aromatic nitrogens is 2. The summed E-state index contributed by atoms with van der Waals surface area (Å²) in [5, 5.41) is 11.4. The second-order valence-corrected chi connectivity index (χ2v) is 7.12. The lowest BCUT2D eigenvalue weighted by molar-refractivity contribution is 0.406. The van der Waals surface area contributed by atoms with Crippen molar-refractivity contribution in [2.75, 3.05) is 20.7 Å². The zero-order chi connectivity index (χ0) is 20.0. The van der Waals surface area contributed by atoms with Crippen molar-refractivity contribution in [2.45, 2.75) is 46.1 Å². The number of hydrogen-bond acceptors (Lipinski definition) is 3. The molecule has 0 aliphatic carbocycles. The monoisotopic (exact) mass is 499 g/mol. The number of aryl methyl sites for hydroxylation is 2. The van der Waals surface area contributed by atoms with Crippen LogP contribution in [0.4, 0.5) is 0 Å². The van der Waals surface area contributed by atoms with Gasteiger partial charge in [0.1, 0.15) is 5.75 Å². The Balaban J connectivity index is 0.00000392. The molecule has 156 valence electrons. The topological polar surface area (TPSA) is 63.5 Å². The molecule has 0 amide bonds. The van der Waals surface area contributed by atoms with E-state index >= 15 is 0 Å². The van der Waals surface area contributed by atoms with E-state index in [2.05, 4.69) is 54.5 Å². The first-order valence-corrected chi connectivity index (χ1v) is 9.46. The number of nitrogens with one attached hydrogen (secondary N) is 2. The standard InChI is InChI=1S/C21H33N5O.HI/c1-14(18-10-8-9-11-20(18)27-7)13-23-21(22-5)24-15(2)12-19-16(3)25-26(6)17(19)4;/h8-11,14-15H,12-13H2,1-7H3,(H2,22,23,24);1H. The molecule has 0 aliphatic heterocycles. The van der Waals surface area contributed by atoms with E-state index in [-0.39, 0.29) is 30.0 Å². The number of para-hydroxylation sites is 1. The lowest BCUT2D eigenvalue weighted by Gasteiger charge is -2.21. The Morgan fingerprint density at radius 3 is 2.50 bits per heavy atom. The van der Waals surface area contributed by atoms with Gasteiger partial charge in [-0.2, -0.15) is 5.10 Å². The number of rotatable bonds is 7. The number of guanidine groups is 1. The van der Waals surface area contributed by atoms with Crippen molar-refractivity contribution in [1.82, 2.24) is 20.4 Å². The van der Waals surface area contributed by atoms with E-state index in [0.29, 0.717) is 5.92 Å². The Bertz CT molecular complexity index is 787. The van der Waals surface area contributed by atoms with Crippen LogP contribution in [-0.4, -0.2) is 42.5 Å². The Labute approximate surface area is 186 Å². The van der Waals surface area contributed by atoms with Gasteiger partial charge in [-0.05, 0) is 44.4 Å². The van der Waals surface area contributed by atoms with Crippen LogP contribution in [0.5, 0.6) is 5.75 Å². The number of methoxy groups -OCH3 is 1. The maximum atomic E-state index is 5.47. The summed E-state index contributed by atoms with van der Waals surface area (Å²) in [5.74, 6) is 2.03. The number of ether oxygens (including phenoxy) is 1. The summed E-state index contributed by atoms with van der Waals surface area (Å²) in [4.78, 5) is 4.37. The van der Waals surface area contributed by atoms with Crippen molar-refractivity contribution < 1.29 is 4.74 Å². The van der Waals surface area contributed by atoms with Gasteiger partial charge in [0, 0.05) is 38.3 Å². The average molecular weight is 499 g/mol. The van der Waals surface area contributed by atoms with Gasteiger partial charge in [0.15, 0.2) is 5.96 Å². The van der Waals surface area contributed by atoms with Crippen LogP contribution in [0.2, 0.25) is 0 Å². The third-order valence-electron chi connectivity index (χ3n) is 5.02. The minimum Gasteiger partial charge on any atom is -0.496 e. The van der Waals surface area contributed by atoms with Crippen molar-refractivity contribution in [1.29, 1.82) is 0 Å². The van der Waals surface area contributed by atoms with Crippen molar-refractivity contribution in [3.63, 3.8) is 0 Å². The molecule has 1 aromatic heterocycles. The Kier molecular flexibility index (Phi) is 9.78. The van der Waals surface area contributed by atoms with Crippen LogP contribution >= 0.6 is 24.0 Å². The highest BCUT2D eigenvalue weighted by molar-refractivity contribution is 14.0. The van der Waals surface area contributed by atoms with Crippen molar-refractivity contribution in [3.05, 3.63) is 46.8 Å². The summed E-state index contributed by atoms with van der Waals surface area (Å²) in [6.07, 6.45) is 0.911. The zero-order valence-corrected chi connectivity index (χ0v) is 20.4. The van der Waals surface area contributed by atoms with Crippen LogP contribution in [0.1, 0.15) is 42.3 Å². The molecular formula is C21H34IN5O. The number of halogens is 1. The van der Waals surface area contributed by atoms with Gasteiger partial charge < -0.3 is 15.4 Å². The molecule has 2 unspecified atom stereocenters. The van der Waals surface area contributed by atoms with Gasteiger partial charge in [-0.1, -0.05) is 25.1 Å². The fourth-order valence-electron chi connectivity index (χ4n) is 3.33. The van der Waals surface area contributed by atoms with Crippen LogP contribution in [-0.2, 0) is 13.5 Å². The molecule has 0 saturated carbocycles. The van der Waals surface area contributed by atoms with Gasteiger partial charge in [0.2, 0.25) is 0 Å². The molecule has 0 saturated heterocycles. The Hall–Kier alpha value is -1.77. The molecule has 28 heavy (non-hydrogen) atoms. The van der Waals surface area contributed by atoms with Crippen LogP contribution in [0.15, 0.2) is 29.3 Å². The van der Waals surface area contributed by atoms with Crippen LogP contribution in [0.25, 0.3) is 0 Å². The van der Waals surface area contributed by atoms with E-state index in [1.165, 1.54) is 16.8 Å². The first kappa shape index (κ1) is 24.3. The number of aliphatic imine (C=N–C) groups is 1. The predicted molar refractivity (Wildman–Crippen MR) is 127 cm³/mol. The number of benzene rings is 1. The van der Waals surface area contributed by atoms with E-state index in [9.17, 15) is 0 Å². The molecule has 2 N–H and O–H groups in total. The molecule has 0 aliphatic rings. The van der Waals surface area contributed by atoms with Gasteiger partial charge >= 0.3 is 0 Å². The molecule has 2 aromatic rings. The highest BCUT2D eigenvalue weighted by Crippen LogP contribution is 2.25. The molecule has 0 bridgehead atoms. The van der Waals surface area contributed by atoms with Gasteiger partial charge in [0.25, 0.3) is 0 Å². The summed E-state index contributed by atoms with van der Waals surface area (Å²) in [6, 6.07) is 8.39. The highest BCUT2D eigenvalue weighted by atomic mass is 127. The second kappa shape index (κ2) is 11.3. The molecule has 6 nitrogen and oxygen atoms in total. The number of nitrogens with zero attached hydrogens (tertiary/aromatic N) is 3. The highest BCUT2D eigenvalue weighted by Gasteiger charge is 2.15. The van der Waals surface area contributed by atoms with E-state index < -0.39 is 0 Å². The molecule has 1 aromatic carbocycles.